The summed E-state index contributed by atoms with van der Waals surface area (Å²) in [6.07, 6.45) is 0. The average molecular weight is 212 g/mol. The maximum atomic E-state index is 11.1. The quantitative estimate of drug-likeness (QED) is 0.575. The van der Waals surface area contributed by atoms with Crippen molar-refractivity contribution in [3.8, 4) is 0 Å². The molecule has 0 aliphatic heterocycles. The van der Waals surface area contributed by atoms with Crippen LogP contribution in [0.2, 0.25) is 0 Å². The van der Waals surface area contributed by atoms with Gasteiger partial charge < -0.3 is 9.84 Å². The number of hydrogen-bond acceptors (Lipinski definition) is 4. The fraction of sp³-hybridized carbons (Fsp3) is 0.111. The van der Waals surface area contributed by atoms with E-state index < -0.39 is 11.9 Å². The number of thiol groups is 1. The molecule has 1 aromatic rings. The van der Waals surface area contributed by atoms with E-state index in [0.717, 1.165) is 0 Å². The summed E-state index contributed by atoms with van der Waals surface area (Å²) in [7, 11) is 1.25. The van der Waals surface area contributed by atoms with Crippen LogP contribution in [0.3, 0.4) is 0 Å². The van der Waals surface area contributed by atoms with Crippen LogP contribution in [0, 0.1) is 0 Å². The van der Waals surface area contributed by atoms with Crippen LogP contribution < -0.4 is 0 Å². The first-order chi connectivity index (χ1) is 6.56. The summed E-state index contributed by atoms with van der Waals surface area (Å²) < 4.78 is 4.48. The highest BCUT2D eigenvalue weighted by molar-refractivity contribution is 7.80. The molecule has 14 heavy (non-hydrogen) atoms. The molecule has 0 fully saturated rings. The molecular formula is C9H8O4S. The summed E-state index contributed by atoms with van der Waals surface area (Å²) in [5.74, 6) is -1.59. The van der Waals surface area contributed by atoms with Crippen molar-refractivity contribution in [1.82, 2.24) is 0 Å². The second-order valence-electron chi connectivity index (χ2n) is 2.53. The van der Waals surface area contributed by atoms with Gasteiger partial charge >= 0.3 is 11.9 Å². The maximum absolute atomic E-state index is 11.1. The van der Waals surface area contributed by atoms with Gasteiger partial charge in [-0.15, -0.1) is 12.6 Å². The predicted molar refractivity (Wildman–Crippen MR) is 52.0 cm³/mol. The topological polar surface area (TPSA) is 63.6 Å². The van der Waals surface area contributed by atoms with E-state index in [4.69, 9.17) is 5.11 Å². The lowest BCUT2D eigenvalue weighted by Gasteiger charge is -2.03. The summed E-state index contributed by atoms with van der Waals surface area (Å²) in [6.45, 7) is 0. The van der Waals surface area contributed by atoms with Crippen molar-refractivity contribution in [1.29, 1.82) is 0 Å². The molecule has 0 amide bonds. The molecule has 0 aliphatic rings. The fourth-order valence-corrected chi connectivity index (χ4v) is 1.25. The highest BCUT2D eigenvalue weighted by atomic mass is 32.1. The standard InChI is InChI=1S/C9H8O4S/c1-13-9(12)6-3-2-5(8(10)11)4-7(6)14/h2-4,14H,1H3,(H,10,11). The van der Waals surface area contributed by atoms with E-state index in [1.165, 1.54) is 25.3 Å². The van der Waals surface area contributed by atoms with Gasteiger partial charge in [0.25, 0.3) is 0 Å². The van der Waals surface area contributed by atoms with Crippen molar-refractivity contribution in [2.75, 3.05) is 7.11 Å². The number of ether oxygens (including phenoxy) is 1. The Hall–Kier alpha value is -1.49. The zero-order valence-corrected chi connectivity index (χ0v) is 8.25. The summed E-state index contributed by atoms with van der Waals surface area (Å²) in [6, 6.07) is 4.00. The monoisotopic (exact) mass is 212 g/mol. The predicted octanol–water partition coefficient (Wildman–Crippen LogP) is 1.46. The van der Waals surface area contributed by atoms with Gasteiger partial charge in [-0.2, -0.15) is 0 Å². The Kier molecular flexibility index (Phi) is 3.14. The minimum absolute atomic E-state index is 0.0858. The Morgan fingerprint density at radius 2 is 2.07 bits per heavy atom. The Bertz CT molecular complexity index is 386. The lowest BCUT2D eigenvalue weighted by atomic mass is 10.1. The Morgan fingerprint density at radius 1 is 1.43 bits per heavy atom. The largest absolute Gasteiger partial charge is 0.478 e. The van der Waals surface area contributed by atoms with E-state index in [1.807, 2.05) is 0 Å². The number of aromatic carboxylic acids is 1. The molecule has 0 aliphatic carbocycles. The summed E-state index contributed by atoms with van der Waals surface area (Å²) in [5.41, 5.74) is 0.337. The molecule has 4 nitrogen and oxygen atoms in total. The van der Waals surface area contributed by atoms with Crippen molar-refractivity contribution in [2.45, 2.75) is 4.90 Å². The van der Waals surface area contributed by atoms with Crippen LogP contribution >= 0.6 is 12.6 Å². The Labute approximate surface area is 85.9 Å². The smallest absolute Gasteiger partial charge is 0.338 e. The molecule has 0 radical (unpaired) electrons. The number of carboxylic acid groups (broad SMARTS) is 1. The second-order valence-corrected chi connectivity index (χ2v) is 3.01. The number of esters is 1. The van der Waals surface area contributed by atoms with Crippen LogP contribution in [0.1, 0.15) is 20.7 Å². The minimum Gasteiger partial charge on any atom is -0.478 e. The second kappa shape index (κ2) is 4.15. The number of carbonyl (C=O) groups is 2. The van der Waals surface area contributed by atoms with E-state index in [9.17, 15) is 9.59 Å². The van der Waals surface area contributed by atoms with Gasteiger partial charge in [0.2, 0.25) is 0 Å². The molecule has 1 rings (SSSR count). The first-order valence-corrected chi connectivity index (χ1v) is 4.15. The molecule has 0 aromatic heterocycles. The number of rotatable bonds is 2. The molecule has 5 heteroatoms. The van der Waals surface area contributed by atoms with Gasteiger partial charge in [-0.3, -0.25) is 0 Å². The molecule has 0 bridgehead atoms. The van der Waals surface area contributed by atoms with E-state index >= 15 is 0 Å². The summed E-state index contributed by atoms with van der Waals surface area (Å²) in [5, 5.41) is 8.65. The lowest BCUT2D eigenvalue weighted by Crippen LogP contribution is -2.04. The van der Waals surface area contributed by atoms with Gasteiger partial charge in [0.1, 0.15) is 0 Å². The first kappa shape index (κ1) is 10.6. The van der Waals surface area contributed by atoms with Gasteiger partial charge in [0, 0.05) is 4.90 Å². The number of methoxy groups -OCH3 is 1. The molecule has 0 spiro atoms. The van der Waals surface area contributed by atoms with Crippen molar-refractivity contribution in [3.63, 3.8) is 0 Å². The van der Waals surface area contributed by atoms with E-state index in [2.05, 4.69) is 17.4 Å². The van der Waals surface area contributed by atoms with Crippen LogP contribution in [0.4, 0.5) is 0 Å². The molecular weight excluding hydrogens is 204 g/mol. The third-order valence-corrected chi connectivity index (χ3v) is 2.02. The summed E-state index contributed by atoms with van der Waals surface area (Å²) in [4.78, 5) is 21.9. The van der Waals surface area contributed by atoms with Crippen molar-refractivity contribution in [2.24, 2.45) is 0 Å². The van der Waals surface area contributed by atoms with E-state index in [1.54, 1.807) is 0 Å². The highest BCUT2D eigenvalue weighted by Crippen LogP contribution is 2.16. The average Bonchev–Trinajstić information content (AvgIpc) is 2.16. The highest BCUT2D eigenvalue weighted by Gasteiger charge is 2.11. The third-order valence-electron chi connectivity index (χ3n) is 1.65. The maximum Gasteiger partial charge on any atom is 0.338 e. The van der Waals surface area contributed by atoms with Crippen LogP contribution in [-0.4, -0.2) is 24.2 Å². The van der Waals surface area contributed by atoms with Crippen LogP contribution in [0.25, 0.3) is 0 Å². The molecule has 1 aromatic carbocycles. The zero-order valence-electron chi connectivity index (χ0n) is 7.35. The van der Waals surface area contributed by atoms with Crippen molar-refractivity contribution < 1.29 is 19.4 Å². The van der Waals surface area contributed by atoms with Gasteiger partial charge in [0.15, 0.2) is 0 Å². The number of carbonyl (C=O) groups excluding carboxylic acids is 1. The van der Waals surface area contributed by atoms with E-state index in [0.29, 0.717) is 0 Å². The zero-order chi connectivity index (χ0) is 10.7. The number of carboxylic acids is 1. The lowest BCUT2D eigenvalue weighted by molar-refractivity contribution is 0.0594. The van der Waals surface area contributed by atoms with Crippen LogP contribution in [-0.2, 0) is 4.74 Å². The van der Waals surface area contributed by atoms with Gasteiger partial charge in [-0.1, -0.05) is 0 Å². The molecule has 0 saturated carbocycles. The molecule has 74 valence electrons. The Morgan fingerprint density at radius 3 is 2.50 bits per heavy atom. The van der Waals surface area contributed by atoms with Gasteiger partial charge in [-0.05, 0) is 18.2 Å². The molecule has 0 saturated heterocycles. The van der Waals surface area contributed by atoms with Gasteiger partial charge in [0.05, 0.1) is 18.2 Å². The SMILES string of the molecule is COC(=O)c1ccc(C(=O)O)cc1S. The van der Waals surface area contributed by atoms with Crippen molar-refractivity contribution >= 4 is 24.6 Å². The van der Waals surface area contributed by atoms with Crippen LogP contribution in [0.5, 0.6) is 0 Å². The fourth-order valence-electron chi connectivity index (χ4n) is 0.947. The summed E-state index contributed by atoms with van der Waals surface area (Å²) >= 11 is 3.99. The van der Waals surface area contributed by atoms with Crippen molar-refractivity contribution in [3.05, 3.63) is 29.3 Å². The molecule has 0 atom stereocenters. The first-order valence-electron chi connectivity index (χ1n) is 3.71. The Balaban J connectivity index is 3.14. The number of benzene rings is 1. The molecule has 0 unspecified atom stereocenters. The van der Waals surface area contributed by atoms with Crippen LogP contribution in [0.15, 0.2) is 23.1 Å². The normalized spacial score (nSPS) is 9.57. The molecule has 1 N–H and O–H groups in total. The van der Waals surface area contributed by atoms with E-state index in [-0.39, 0.29) is 16.0 Å². The number of hydrogen-bond donors (Lipinski definition) is 2. The minimum atomic E-state index is -1.06. The third kappa shape index (κ3) is 2.05. The van der Waals surface area contributed by atoms with Gasteiger partial charge in [-0.25, -0.2) is 9.59 Å². The molecule has 0 heterocycles.